The van der Waals surface area contributed by atoms with Gasteiger partial charge in [-0.2, -0.15) is 0 Å². The summed E-state index contributed by atoms with van der Waals surface area (Å²) in [6.45, 7) is 0.783. The van der Waals surface area contributed by atoms with Gasteiger partial charge in [0, 0.05) is 37.2 Å². The van der Waals surface area contributed by atoms with E-state index >= 15 is 0 Å². The predicted octanol–water partition coefficient (Wildman–Crippen LogP) is 1.27. The zero-order chi connectivity index (χ0) is 17.5. The third-order valence-corrected chi connectivity index (χ3v) is 2.42. The molecule has 0 aliphatic rings. The van der Waals surface area contributed by atoms with Crippen LogP contribution in [0.2, 0.25) is 0 Å². The van der Waals surface area contributed by atoms with Crippen LogP contribution >= 0.6 is 0 Å². The smallest absolute Gasteiger partial charge is 0.168 e. The molecular weight excluding hydrogens is 290 g/mol. The van der Waals surface area contributed by atoms with Crippen LogP contribution in [-0.4, -0.2) is 35.5 Å². The first-order valence-corrected chi connectivity index (χ1v) is 6.62. The number of hydrogen-bond acceptors (Lipinski definition) is 5. The molecule has 2 heterocycles. The van der Waals surface area contributed by atoms with Crippen LogP contribution in [0.1, 0.15) is 27.3 Å². The molecule has 0 saturated heterocycles. The molecule has 2 aromatic rings. The molecule has 0 bridgehead atoms. The number of aldehydes is 1. The Balaban J connectivity index is 0.000000381. The second-order valence-electron chi connectivity index (χ2n) is 3.95. The first kappa shape index (κ1) is 20.0. The average molecular weight is 309 g/mol. The summed E-state index contributed by atoms with van der Waals surface area (Å²) in [6, 6.07) is 7.07. The van der Waals surface area contributed by atoms with E-state index in [4.69, 9.17) is 18.0 Å². The van der Waals surface area contributed by atoms with Gasteiger partial charge in [0.15, 0.2) is 6.29 Å². The Kier molecular flexibility index (Phi) is 11.1. The van der Waals surface area contributed by atoms with Gasteiger partial charge in [0.25, 0.3) is 0 Å². The lowest BCUT2D eigenvalue weighted by molar-refractivity contribution is 0.111. The first-order valence-electron chi connectivity index (χ1n) is 6.62. The summed E-state index contributed by atoms with van der Waals surface area (Å²) in [7, 11) is 2.89. The number of nitrogens with zero attached hydrogens (tertiary/aromatic N) is 2. The molecular formula is C18H19N3O2. The molecule has 0 saturated carbocycles. The van der Waals surface area contributed by atoms with Crippen molar-refractivity contribution < 1.29 is 9.90 Å². The second-order valence-corrected chi connectivity index (χ2v) is 3.95. The molecule has 0 aromatic carbocycles. The van der Waals surface area contributed by atoms with Gasteiger partial charge in [0.2, 0.25) is 0 Å². The lowest BCUT2D eigenvalue weighted by atomic mass is 10.2. The number of aliphatic hydroxyl groups excluding tert-OH is 1. The number of carbonyl (C=O) groups is 1. The van der Waals surface area contributed by atoms with Crippen molar-refractivity contribution in [3.63, 3.8) is 0 Å². The Morgan fingerprint density at radius 2 is 1.65 bits per heavy atom. The fourth-order valence-corrected chi connectivity index (χ4v) is 1.36. The maximum Gasteiger partial charge on any atom is 0.168 e. The molecule has 2 aromatic heterocycles. The minimum Gasteiger partial charge on any atom is -0.400 e. The zero-order valence-corrected chi connectivity index (χ0v) is 13.2. The maximum absolute atomic E-state index is 10.1. The van der Waals surface area contributed by atoms with Gasteiger partial charge < -0.3 is 10.4 Å². The molecule has 0 spiro atoms. The lowest BCUT2D eigenvalue weighted by Gasteiger charge is -1.97. The highest BCUT2D eigenvalue weighted by Crippen LogP contribution is 1.97. The number of pyridine rings is 2. The Bertz CT molecular complexity index is 651. The predicted molar refractivity (Wildman–Crippen MR) is 90.6 cm³/mol. The minimum atomic E-state index is 0.402. The van der Waals surface area contributed by atoms with E-state index in [2.05, 4.69) is 27.1 Å². The fourth-order valence-electron chi connectivity index (χ4n) is 1.36. The van der Waals surface area contributed by atoms with Crippen molar-refractivity contribution in [2.75, 3.05) is 14.2 Å². The normalized spacial score (nSPS) is 8.22. The van der Waals surface area contributed by atoms with Crippen LogP contribution in [0.3, 0.4) is 0 Å². The Morgan fingerprint density at radius 1 is 1.09 bits per heavy atom. The van der Waals surface area contributed by atoms with Crippen LogP contribution in [0.25, 0.3) is 0 Å². The largest absolute Gasteiger partial charge is 0.400 e. The molecule has 0 atom stereocenters. The molecule has 0 radical (unpaired) electrons. The van der Waals surface area contributed by atoms with E-state index in [1.54, 1.807) is 18.3 Å². The van der Waals surface area contributed by atoms with Crippen LogP contribution in [-0.2, 0) is 6.54 Å². The second kappa shape index (κ2) is 12.7. The van der Waals surface area contributed by atoms with Gasteiger partial charge in [-0.1, -0.05) is 11.8 Å². The van der Waals surface area contributed by atoms with Crippen LogP contribution < -0.4 is 5.32 Å². The summed E-state index contributed by atoms with van der Waals surface area (Å²) < 4.78 is 0. The maximum atomic E-state index is 10.1. The van der Waals surface area contributed by atoms with Gasteiger partial charge in [0.1, 0.15) is 5.69 Å². The van der Waals surface area contributed by atoms with E-state index in [1.165, 1.54) is 6.20 Å². The molecule has 5 heteroatoms. The highest BCUT2D eigenvalue weighted by molar-refractivity contribution is 5.71. The van der Waals surface area contributed by atoms with Crippen molar-refractivity contribution in [3.8, 4) is 24.7 Å². The van der Waals surface area contributed by atoms with Gasteiger partial charge in [-0.25, -0.2) is 0 Å². The van der Waals surface area contributed by atoms with Crippen molar-refractivity contribution in [2.45, 2.75) is 6.54 Å². The summed E-state index contributed by atoms with van der Waals surface area (Å²) in [6.07, 6.45) is 14.1. The first-order chi connectivity index (χ1) is 11.2. The number of rotatable bonds is 3. The highest BCUT2D eigenvalue weighted by Gasteiger charge is 1.91. The topological polar surface area (TPSA) is 75.1 Å². The van der Waals surface area contributed by atoms with E-state index in [0.717, 1.165) is 24.9 Å². The van der Waals surface area contributed by atoms with Gasteiger partial charge >= 0.3 is 0 Å². The van der Waals surface area contributed by atoms with Gasteiger partial charge in [-0.05, 0) is 31.3 Å². The summed E-state index contributed by atoms with van der Waals surface area (Å²) in [5, 5.41) is 10.0. The SMILES string of the molecule is C#Cc1ccc(C=O)nc1.C#Cc1ccc(CNC)nc1.CO. The van der Waals surface area contributed by atoms with Gasteiger partial charge in [0.05, 0.1) is 5.69 Å². The summed E-state index contributed by atoms with van der Waals surface area (Å²) in [5.74, 6) is 4.91. The monoisotopic (exact) mass is 309 g/mol. The standard InChI is InChI=1S/C9H10N2.C8H5NO.CH4O/c1-3-8-4-5-9(7-10-2)11-6-8;1-2-7-3-4-8(6-10)9-5-7;1-2/h1,4-6,10H,7H2,2H3;1,3-6H;2H,1H3. The molecule has 118 valence electrons. The number of terminal acetylenes is 2. The third-order valence-electron chi connectivity index (χ3n) is 2.42. The molecule has 2 N–H and O–H groups in total. The molecule has 0 unspecified atom stereocenters. The molecule has 23 heavy (non-hydrogen) atoms. The van der Waals surface area contributed by atoms with E-state index in [0.29, 0.717) is 17.5 Å². The molecule has 0 aliphatic heterocycles. The minimum absolute atomic E-state index is 0.402. The summed E-state index contributed by atoms with van der Waals surface area (Å²) in [5.41, 5.74) is 2.92. The van der Waals surface area contributed by atoms with Crippen molar-refractivity contribution in [2.24, 2.45) is 0 Å². The summed E-state index contributed by atoms with van der Waals surface area (Å²) >= 11 is 0. The van der Waals surface area contributed by atoms with Crippen molar-refractivity contribution in [1.29, 1.82) is 0 Å². The van der Waals surface area contributed by atoms with Crippen molar-refractivity contribution >= 4 is 6.29 Å². The molecule has 0 aliphatic carbocycles. The quantitative estimate of drug-likeness (QED) is 0.659. The highest BCUT2D eigenvalue weighted by atomic mass is 16.2. The molecule has 0 amide bonds. The van der Waals surface area contributed by atoms with Crippen LogP contribution in [0.5, 0.6) is 0 Å². The molecule has 0 fully saturated rings. The zero-order valence-electron chi connectivity index (χ0n) is 13.2. The molecule has 5 nitrogen and oxygen atoms in total. The number of nitrogens with one attached hydrogen (secondary N) is 1. The number of aromatic nitrogens is 2. The number of carbonyl (C=O) groups excluding carboxylic acids is 1. The van der Waals surface area contributed by atoms with Crippen LogP contribution in [0, 0.1) is 24.7 Å². The third kappa shape index (κ3) is 8.13. The Labute approximate surface area is 136 Å². The molecule has 2 rings (SSSR count). The van der Waals surface area contributed by atoms with E-state index in [1.807, 2.05) is 19.2 Å². The lowest BCUT2D eigenvalue weighted by Crippen LogP contribution is -2.06. The van der Waals surface area contributed by atoms with E-state index < -0.39 is 0 Å². The van der Waals surface area contributed by atoms with Gasteiger partial charge in [-0.3, -0.25) is 14.8 Å². The fraction of sp³-hybridized carbons (Fsp3) is 0.167. The summed E-state index contributed by atoms with van der Waals surface area (Å²) in [4.78, 5) is 18.0. The van der Waals surface area contributed by atoms with Crippen LogP contribution in [0.4, 0.5) is 0 Å². The number of aliphatic hydroxyl groups is 1. The van der Waals surface area contributed by atoms with E-state index in [-0.39, 0.29) is 0 Å². The number of hydrogen-bond donors (Lipinski definition) is 2. The Hall–Kier alpha value is -2.99. The van der Waals surface area contributed by atoms with Crippen LogP contribution in [0.15, 0.2) is 36.7 Å². The van der Waals surface area contributed by atoms with E-state index in [9.17, 15) is 4.79 Å². The average Bonchev–Trinajstić information content (AvgIpc) is 2.65. The van der Waals surface area contributed by atoms with Crippen molar-refractivity contribution in [3.05, 3.63) is 59.2 Å². The Morgan fingerprint density at radius 3 is 2.00 bits per heavy atom. The van der Waals surface area contributed by atoms with Crippen molar-refractivity contribution in [1.82, 2.24) is 15.3 Å². The van der Waals surface area contributed by atoms with Gasteiger partial charge in [-0.15, -0.1) is 12.8 Å².